The predicted molar refractivity (Wildman–Crippen MR) is 105 cm³/mol. The lowest BCUT2D eigenvalue weighted by molar-refractivity contribution is 0.564. The maximum Gasteiger partial charge on any atom is 0.215 e. The first-order valence-electron chi connectivity index (χ1n) is 9.45. The molecule has 2 aliphatic rings. The van der Waals surface area contributed by atoms with Crippen molar-refractivity contribution in [2.45, 2.75) is 65.1 Å². The Kier molecular flexibility index (Phi) is 4.01. The molecule has 0 N–H and O–H groups in total. The van der Waals surface area contributed by atoms with Crippen molar-refractivity contribution in [2.75, 3.05) is 0 Å². The van der Waals surface area contributed by atoms with E-state index in [1.54, 1.807) is 0 Å². The van der Waals surface area contributed by atoms with Crippen LogP contribution in [-0.4, -0.2) is 50.4 Å². The van der Waals surface area contributed by atoms with Crippen molar-refractivity contribution >= 4 is 34.6 Å². The molecule has 0 unspecified atom stereocenters. The van der Waals surface area contributed by atoms with Gasteiger partial charge >= 0.3 is 0 Å². The molecule has 0 amide bonds. The molecule has 12 heteroatoms. The highest BCUT2D eigenvalue weighted by Crippen LogP contribution is 2.42. The summed E-state index contributed by atoms with van der Waals surface area (Å²) in [5.41, 5.74) is 2.81. The van der Waals surface area contributed by atoms with Crippen molar-refractivity contribution in [3.63, 3.8) is 0 Å². The van der Waals surface area contributed by atoms with E-state index in [4.69, 9.17) is 9.97 Å². The van der Waals surface area contributed by atoms with Crippen molar-refractivity contribution < 1.29 is 0 Å². The van der Waals surface area contributed by atoms with Crippen LogP contribution in [0.2, 0.25) is 0 Å². The summed E-state index contributed by atoms with van der Waals surface area (Å²) in [5.74, 6) is 0. The Morgan fingerprint density at radius 1 is 0.828 bits per heavy atom. The molecular formula is C17H16N10S2. The van der Waals surface area contributed by atoms with Crippen LogP contribution in [0.25, 0.3) is 11.0 Å². The van der Waals surface area contributed by atoms with Gasteiger partial charge in [0.1, 0.15) is 10.1 Å². The second kappa shape index (κ2) is 6.73. The van der Waals surface area contributed by atoms with Crippen molar-refractivity contribution in [2.24, 2.45) is 0 Å². The van der Waals surface area contributed by atoms with E-state index in [1.807, 2.05) is 34.5 Å². The van der Waals surface area contributed by atoms with Crippen molar-refractivity contribution in [3.8, 4) is 0 Å². The molecule has 2 saturated carbocycles. The van der Waals surface area contributed by atoms with Gasteiger partial charge in [0.05, 0.1) is 23.1 Å². The van der Waals surface area contributed by atoms with Crippen LogP contribution < -0.4 is 0 Å². The summed E-state index contributed by atoms with van der Waals surface area (Å²) >= 11 is 2.89. The van der Waals surface area contributed by atoms with Crippen LogP contribution >= 0.6 is 23.5 Å². The first-order valence-corrected chi connectivity index (χ1v) is 11.1. The molecule has 4 aromatic rings. The van der Waals surface area contributed by atoms with Gasteiger partial charge in [-0.2, -0.15) is 0 Å². The minimum Gasteiger partial charge on any atom is -0.236 e. The summed E-state index contributed by atoms with van der Waals surface area (Å²) in [6.07, 6.45) is 4.44. The highest BCUT2D eigenvalue weighted by molar-refractivity contribution is 8.02. The van der Waals surface area contributed by atoms with Gasteiger partial charge in [-0.05, 0) is 88.6 Å². The Morgan fingerprint density at radius 2 is 1.41 bits per heavy atom. The molecular weight excluding hydrogens is 408 g/mol. The van der Waals surface area contributed by atoms with Gasteiger partial charge in [0.25, 0.3) is 0 Å². The molecule has 29 heavy (non-hydrogen) atoms. The minimum atomic E-state index is 0.390. The SMILES string of the molecule is Cc1cccc2nc(Sc3nnnn3C3CC3)c(Sc3nnnn3C3CC3)nc12. The van der Waals surface area contributed by atoms with Crippen LogP contribution in [0.1, 0.15) is 43.3 Å². The quantitative estimate of drug-likeness (QED) is 0.458. The smallest absolute Gasteiger partial charge is 0.215 e. The molecule has 0 spiro atoms. The number of hydrogen-bond donors (Lipinski definition) is 0. The summed E-state index contributed by atoms with van der Waals surface area (Å²) in [6, 6.07) is 6.80. The van der Waals surface area contributed by atoms with Crippen molar-refractivity contribution in [1.29, 1.82) is 0 Å². The summed E-state index contributed by atoms with van der Waals surface area (Å²) in [4.78, 5) is 9.83. The molecule has 0 aliphatic heterocycles. The van der Waals surface area contributed by atoms with E-state index < -0.39 is 0 Å². The number of nitrogens with zero attached hydrogens (tertiary/aromatic N) is 10. The molecule has 2 fully saturated rings. The minimum absolute atomic E-state index is 0.390. The third-order valence-electron chi connectivity index (χ3n) is 4.92. The van der Waals surface area contributed by atoms with E-state index in [-0.39, 0.29) is 0 Å². The third-order valence-corrected chi connectivity index (χ3v) is 6.91. The molecule has 2 aliphatic carbocycles. The zero-order chi connectivity index (χ0) is 19.4. The average Bonchev–Trinajstić information content (AvgIpc) is 3.65. The zero-order valence-corrected chi connectivity index (χ0v) is 17.1. The number of para-hydroxylation sites is 1. The molecule has 0 radical (unpaired) electrons. The highest BCUT2D eigenvalue weighted by Gasteiger charge is 2.31. The molecule has 0 saturated heterocycles. The van der Waals surface area contributed by atoms with Crippen molar-refractivity contribution in [3.05, 3.63) is 23.8 Å². The van der Waals surface area contributed by atoms with Gasteiger partial charge in [-0.1, -0.05) is 12.1 Å². The Morgan fingerprint density at radius 3 is 2.00 bits per heavy atom. The summed E-state index contributed by atoms with van der Waals surface area (Å²) in [6.45, 7) is 2.04. The van der Waals surface area contributed by atoms with Gasteiger partial charge in [0.2, 0.25) is 10.3 Å². The van der Waals surface area contributed by atoms with E-state index in [0.717, 1.165) is 62.6 Å². The molecule has 146 valence electrons. The first kappa shape index (κ1) is 17.3. The van der Waals surface area contributed by atoms with Gasteiger partial charge in [-0.15, -0.1) is 10.2 Å². The monoisotopic (exact) mass is 424 g/mol. The topological polar surface area (TPSA) is 113 Å². The first-order chi connectivity index (χ1) is 14.3. The fraction of sp³-hybridized carbons (Fsp3) is 0.412. The van der Waals surface area contributed by atoms with Crippen molar-refractivity contribution in [1.82, 2.24) is 50.4 Å². The van der Waals surface area contributed by atoms with Gasteiger partial charge in [-0.25, -0.2) is 19.3 Å². The number of aromatic nitrogens is 10. The standard InChI is InChI=1S/C17H16N10S2/c1-9-3-2-4-12-13(9)19-15(29-17-21-23-25-27(17)11-7-8-11)14(18-12)28-16-20-22-24-26(16)10-5-6-10/h2-4,10-11H,5-8H2,1H3. The number of tetrazole rings is 2. The second-order valence-electron chi connectivity index (χ2n) is 7.26. The fourth-order valence-electron chi connectivity index (χ4n) is 3.09. The molecule has 0 bridgehead atoms. The van der Waals surface area contributed by atoms with Gasteiger partial charge < -0.3 is 0 Å². The number of rotatable bonds is 6. The summed E-state index contributed by atoms with van der Waals surface area (Å²) in [7, 11) is 0. The Balaban J connectivity index is 1.44. The van der Waals surface area contributed by atoms with E-state index in [0.29, 0.717) is 12.1 Å². The maximum absolute atomic E-state index is 4.93. The highest BCUT2D eigenvalue weighted by atomic mass is 32.2. The fourth-order valence-corrected chi connectivity index (χ4v) is 4.95. The normalized spacial score (nSPS) is 16.6. The summed E-state index contributed by atoms with van der Waals surface area (Å²) in [5, 5.41) is 27.4. The van der Waals surface area contributed by atoms with Crippen LogP contribution in [0.15, 0.2) is 38.6 Å². The molecule has 1 aromatic carbocycles. The van der Waals surface area contributed by atoms with Crippen LogP contribution in [0.4, 0.5) is 0 Å². The van der Waals surface area contributed by atoms with E-state index >= 15 is 0 Å². The Bertz CT molecular complexity index is 1210. The van der Waals surface area contributed by atoms with E-state index in [9.17, 15) is 0 Å². The molecule has 3 heterocycles. The van der Waals surface area contributed by atoms with Crippen LogP contribution in [0.5, 0.6) is 0 Å². The molecule has 0 atom stereocenters. The number of fused-ring (bicyclic) bond motifs is 1. The van der Waals surface area contributed by atoms with E-state index in [1.165, 1.54) is 23.5 Å². The number of benzene rings is 1. The number of hydrogen-bond acceptors (Lipinski definition) is 10. The second-order valence-corrected chi connectivity index (χ2v) is 9.17. The largest absolute Gasteiger partial charge is 0.236 e. The maximum atomic E-state index is 4.93. The number of aryl methyl sites for hydroxylation is 1. The lowest BCUT2D eigenvalue weighted by atomic mass is 10.2. The lowest BCUT2D eigenvalue weighted by Gasteiger charge is -2.10. The Labute approximate surface area is 173 Å². The summed E-state index contributed by atoms with van der Waals surface area (Å²) < 4.78 is 3.77. The lowest BCUT2D eigenvalue weighted by Crippen LogP contribution is -2.02. The molecule has 10 nitrogen and oxygen atoms in total. The van der Waals surface area contributed by atoms with Gasteiger partial charge in [0, 0.05) is 0 Å². The zero-order valence-electron chi connectivity index (χ0n) is 15.5. The van der Waals surface area contributed by atoms with Crippen LogP contribution in [-0.2, 0) is 0 Å². The predicted octanol–water partition coefficient (Wildman–Crippen LogP) is 2.88. The van der Waals surface area contributed by atoms with Crippen LogP contribution in [0, 0.1) is 6.92 Å². The van der Waals surface area contributed by atoms with Crippen LogP contribution in [0.3, 0.4) is 0 Å². The molecule has 3 aromatic heterocycles. The van der Waals surface area contributed by atoms with Gasteiger partial charge in [0.15, 0.2) is 0 Å². The molecule has 6 rings (SSSR count). The average molecular weight is 425 g/mol. The van der Waals surface area contributed by atoms with Gasteiger partial charge in [-0.3, -0.25) is 0 Å². The van der Waals surface area contributed by atoms with E-state index in [2.05, 4.69) is 31.1 Å². The third kappa shape index (κ3) is 3.25. The Hall–Kier alpha value is -2.60.